The van der Waals surface area contributed by atoms with Crippen molar-refractivity contribution >= 4 is 23.3 Å². The molecule has 0 aliphatic rings. The third-order valence-corrected chi connectivity index (χ3v) is 3.70. The van der Waals surface area contributed by atoms with E-state index in [1.165, 1.54) is 17.4 Å². The Morgan fingerprint density at radius 1 is 1.35 bits per heavy atom. The molecule has 0 spiro atoms. The van der Waals surface area contributed by atoms with Crippen LogP contribution in [0.4, 0.5) is 0 Å². The van der Waals surface area contributed by atoms with Crippen LogP contribution in [0.15, 0.2) is 41.9 Å². The van der Waals surface area contributed by atoms with Crippen molar-refractivity contribution in [2.24, 2.45) is 0 Å². The summed E-state index contributed by atoms with van der Waals surface area (Å²) in [6, 6.07) is 8.05. The normalized spacial score (nSPS) is 11.8. The van der Waals surface area contributed by atoms with Crippen LogP contribution in [0, 0.1) is 0 Å². The van der Waals surface area contributed by atoms with E-state index in [1.807, 2.05) is 44.4 Å². The molecule has 5 heteroatoms. The topological polar surface area (TPSA) is 51.2 Å². The average Bonchev–Trinajstić information content (AvgIpc) is 3.02. The van der Waals surface area contributed by atoms with E-state index in [4.69, 9.17) is 4.74 Å². The summed E-state index contributed by atoms with van der Waals surface area (Å²) in [6.45, 7) is 7.16. The Kier molecular flexibility index (Phi) is 6.07. The summed E-state index contributed by atoms with van der Waals surface area (Å²) in [4.78, 5) is 15.9. The summed E-state index contributed by atoms with van der Waals surface area (Å²) >= 11 is 1.50. The minimum absolute atomic E-state index is 0.128. The Hall–Kier alpha value is -1.98. The number of thiazole rings is 1. The van der Waals surface area contributed by atoms with Crippen molar-refractivity contribution in [3.05, 3.63) is 58.1 Å². The van der Waals surface area contributed by atoms with Crippen LogP contribution in [0.1, 0.15) is 36.9 Å². The first-order chi connectivity index (χ1) is 10.9. The van der Waals surface area contributed by atoms with Gasteiger partial charge in [-0.15, -0.1) is 11.3 Å². The molecule has 2 rings (SSSR count). The molecule has 2 aromatic rings. The van der Waals surface area contributed by atoms with Crippen LogP contribution in [0.2, 0.25) is 0 Å². The van der Waals surface area contributed by atoms with Gasteiger partial charge in [-0.05, 0) is 38.0 Å². The molecule has 0 radical (unpaired) electrons. The van der Waals surface area contributed by atoms with E-state index < -0.39 is 0 Å². The number of hydrogen-bond donors (Lipinski definition) is 1. The fourth-order valence-corrected chi connectivity index (χ4v) is 2.37. The number of ether oxygens (including phenoxy) is 1. The lowest BCUT2D eigenvalue weighted by Crippen LogP contribution is -2.20. The zero-order valence-corrected chi connectivity index (χ0v) is 14.5. The van der Waals surface area contributed by atoms with Crippen molar-refractivity contribution in [3.63, 3.8) is 0 Å². The van der Waals surface area contributed by atoms with E-state index in [1.54, 1.807) is 12.3 Å². The maximum Gasteiger partial charge on any atom is 0.244 e. The summed E-state index contributed by atoms with van der Waals surface area (Å²) < 4.78 is 5.77. The number of nitrogens with zero attached hydrogens (tertiary/aromatic N) is 1. The van der Waals surface area contributed by atoms with Crippen molar-refractivity contribution in [2.75, 3.05) is 0 Å². The van der Waals surface area contributed by atoms with Gasteiger partial charge in [-0.1, -0.05) is 24.3 Å². The van der Waals surface area contributed by atoms with E-state index in [2.05, 4.69) is 16.4 Å². The molecule has 1 aromatic heterocycles. The van der Waals surface area contributed by atoms with E-state index in [0.717, 1.165) is 16.1 Å². The molecule has 122 valence electrons. The van der Waals surface area contributed by atoms with Crippen LogP contribution in [0.25, 0.3) is 6.08 Å². The van der Waals surface area contributed by atoms with Crippen molar-refractivity contribution in [1.29, 1.82) is 0 Å². The molecule has 0 aliphatic carbocycles. The predicted molar refractivity (Wildman–Crippen MR) is 94.0 cm³/mol. The molecule has 0 aliphatic heterocycles. The quantitative estimate of drug-likeness (QED) is 0.820. The predicted octanol–water partition coefficient (Wildman–Crippen LogP) is 3.79. The lowest BCUT2D eigenvalue weighted by atomic mass is 10.1. The van der Waals surface area contributed by atoms with Crippen molar-refractivity contribution in [2.45, 2.75) is 39.5 Å². The third kappa shape index (κ3) is 6.76. The molecule has 4 nitrogen and oxygen atoms in total. The van der Waals surface area contributed by atoms with Crippen LogP contribution >= 0.6 is 11.3 Å². The summed E-state index contributed by atoms with van der Waals surface area (Å²) in [5.74, 6) is -0.128. The first kappa shape index (κ1) is 17.4. The highest BCUT2D eigenvalue weighted by molar-refractivity contribution is 7.10. The van der Waals surface area contributed by atoms with Gasteiger partial charge >= 0.3 is 0 Å². The zero-order chi connectivity index (χ0) is 16.7. The Labute approximate surface area is 141 Å². The van der Waals surface area contributed by atoms with Gasteiger partial charge in [-0.2, -0.15) is 0 Å². The lowest BCUT2D eigenvalue weighted by molar-refractivity contribution is -0.116. The van der Waals surface area contributed by atoms with Gasteiger partial charge in [0.1, 0.15) is 5.01 Å². The van der Waals surface area contributed by atoms with Crippen molar-refractivity contribution in [3.8, 4) is 0 Å². The van der Waals surface area contributed by atoms with Crippen LogP contribution in [0.3, 0.4) is 0 Å². The highest BCUT2D eigenvalue weighted by Crippen LogP contribution is 2.13. The first-order valence-electron chi connectivity index (χ1n) is 7.49. The Morgan fingerprint density at radius 3 is 2.83 bits per heavy atom. The number of carbonyl (C=O) groups is 1. The van der Waals surface area contributed by atoms with Gasteiger partial charge in [0.25, 0.3) is 0 Å². The average molecular weight is 330 g/mol. The molecule has 0 unspecified atom stereocenters. The molecule has 0 atom stereocenters. The number of rotatable bonds is 6. The molecule has 0 saturated heterocycles. The van der Waals surface area contributed by atoms with Gasteiger partial charge in [0, 0.05) is 24.2 Å². The van der Waals surface area contributed by atoms with Crippen LogP contribution < -0.4 is 5.32 Å². The second-order valence-corrected chi connectivity index (χ2v) is 7.07. The van der Waals surface area contributed by atoms with Crippen molar-refractivity contribution < 1.29 is 9.53 Å². The SMILES string of the molecule is CC(C)(C)OCc1cccc(CNC(=O)/C=C\c2nccs2)c1. The van der Waals surface area contributed by atoms with Gasteiger partial charge in [0.2, 0.25) is 5.91 Å². The third-order valence-electron chi connectivity index (χ3n) is 2.96. The number of carbonyl (C=O) groups excluding carboxylic acids is 1. The highest BCUT2D eigenvalue weighted by atomic mass is 32.1. The first-order valence-corrected chi connectivity index (χ1v) is 8.37. The maximum atomic E-state index is 11.8. The van der Waals surface area contributed by atoms with E-state index in [9.17, 15) is 4.79 Å². The zero-order valence-electron chi connectivity index (χ0n) is 13.7. The van der Waals surface area contributed by atoms with Gasteiger partial charge in [0.05, 0.1) is 12.2 Å². The summed E-state index contributed by atoms with van der Waals surface area (Å²) in [6.07, 6.45) is 4.94. The fraction of sp³-hybridized carbons (Fsp3) is 0.333. The molecule has 1 aromatic carbocycles. The monoisotopic (exact) mass is 330 g/mol. The van der Waals surface area contributed by atoms with Crippen molar-refractivity contribution in [1.82, 2.24) is 10.3 Å². The number of hydrogen-bond acceptors (Lipinski definition) is 4. The minimum Gasteiger partial charge on any atom is -0.371 e. The molecular formula is C18H22N2O2S. The molecule has 1 heterocycles. The Bertz CT molecular complexity index is 658. The number of aromatic nitrogens is 1. The molecule has 0 saturated carbocycles. The Morgan fingerprint density at radius 2 is 2.13 bits per heavy atom. The molecule has 1 N–H and O–H groups in total. The molecule has 23 heavy (non-hydrogen) atoms. The number of benzene rings is 1. The van der Waals surface area contributed by atoms with Crippen LogP contribution in [0.5, 0.6) is 0 Å². The van der Waals surface area contributed by atoms with Gasteiger partial charge < -0.3 is 10.1 Å². The maximum absolute atomic E-state index is 11.8. The molecular weight excluding hydrogens is 308 g/mol. The van der Waals surface area contributed by atoms with E-state index >= 15 is 0 Å². The van der Waals surface area contributed by atoms with Crippen LogP contribution in [-0.2, 0) is 22.7 Å². The molecule has 1 amide bonds. The highest BCUT2D eigenvalue weighted by Gasteiger charge is 2.10. The number of nitrogens with one attached hydrogen (secondary N) is 1. The molecule has 0 fully saturated rings. The fourth-order valence-electron chi connectivity index (χ4n) is 1.84. The second kappa shape index (κ2) is 8.04. The summed E-state index contributed by atoms with van der Waals surface area (Å²) in [5, 5.41) is 5.57. The second-order valence-electron chi connectivity index (χ2n) is 6.14. The van der Waals surface area contributed by atoms with Gasteiger partial charge in [-0.3, -0.25) is 4.79 Å². The van der Waals surface area contributed by atoms with E-state index in [0.29, 0.717) is 13.2 Å². The summed E-state index contributed by atoms with van der Waals surface area (Å²) in [5.41, 5.74) is 1.99. The Balaban J connectivity index is 1.84. The summed E-state index contributed by atoms with van der Waals surface area (Å²) in [7, 11) is 0. The standard InChI is InChI=1S/C18H22N2O2S/c1-18(2,3)22-13-15-6-4-5-14(11-15)12-20-16(21)7-8-17-19-9-10-23-17/h4-11H,12-13H2,1-3H3,(H,20,21)/b8-7-. The molecule has 0 bridgehead atoms. The van der Waals surface area contributed by atoms with Gasteiger partial charge in [-0.25, -0.2) is 4.98 Å². The largest absolute Gasteiger partial charge is 0.371 e. The minimum atomic E-state index is -0.162. The number of amides is 1. The lowest BCUT2D eigenvalue weighted by Gasteiger charge is -2.19. The van der Waals surface area contributed by atoms with E-state index in [-0.39, 0.29) is 11.5 Å². The smallest absolute Gasteiger partial charge is 0.244 e. The van der Waals surface area contributed by atoms with Gasteiger partial charge in [0.15, 0.2) is 0 Å². The van der Waals surface area contributed by atoms with Crippen LogP contribution in [-0.4, -0.2) is 16.5 Å².